The molecule has 4 N–H and O–H groups in total. The maximum Gasteiger partial charge on any atom is 0.307 e. The third kappa shape index (κ3) is 6.72. The van der Waals surface area contributed by atoms with E-state index >= 15 is 0 Å². The first-order valence-corrected chi connectivity index (χ1v) is 59.5. The molecule has 0 amide bonds. The molecule has 150 heavy (non-hydrogen) atoms. The molecule has 0 aliphatic heterocycles. The summed E-state index contributed by atoms with van der Waals surface area (Å²) in [5.74, 6) is 21.4. The zero-order valence-electron chi connectivity index (χ0n) is 82.9. The second-order valence-electron chi connectivity index (χ2n) is 59.5. The van der Waals surface area contributed by atoms with E-state index in [1.807, 2.05) is 0 Å². The van der Waals surface area contributed by atoms with Gasteiger partial charge in [-0.05, 0) is 456 Å². The fourth-order valence-corrected chi connectivity index (χ4v) is 67.3. The van der Waals surface area contributed by atoms with E-state index in [1.54, 1.807) is 44.5 Å². The Morgan fingerprint density at radius 1 is 0.167 bits per heavy atom. The second kappa shape index (κ2) is 23.8. The van der Waals surface area contributed by atoms with Gasteiger partial charge in [-0.1, -0.05) is 194 Å². The number of hydrogen-bond donors (Lipinski definition) is 4. The van der Waals surface area contributed by atoms with Crippen LogP contribution in [0.1, 0.15) is 89.0 Å². The topological polar surface area (TPSA) is 254 Å². The maximum atomic E-state index is 14.0. The molecule has 0 aromatic heterocycles. The van der Waals surface area contributed by atoms with Gasteiger partial charge >= 0.3 is 23.9 Å². The quantitative estimate of drug-likeness (QED) is 0.0263. The highest BCUT2D eigenvalue weighted by molar-refractivity contribution is 5.75. The van der Waals surface area contributed by atoms with E-state index in [2.05, 4.69) is 194 Å². The molecule has 70 unspecified atom stereocenters. The molecule has 0 bridgehead atoms. The zero-order chi connectivity index (χ0) is 97.3. The molecule has 37 fully saturated rings. The monoisotopic (exact) mass is 1980 g/mol. The first-order valence-electron chi connectivity index (χ1n) is 59.5. The van der Waals surface area contributed by atoms with Gasteiger partial charge in [-0.15, -0.1) is 0 Å². The lowest BCUT2D eigenvalue weighted by Crippen LogP contribution is -2.86. The van der Waals surface area contributed by atoms with Crippen LogP contribution in [0, 0.1) is 367 Å². The summed E-state index contributed by atoms with van der Waals surface area (Å²) in [4.78, 5) is 108. The van der Waals surface area contributed by atoms with Gasteiger partial charge in [-0.2, -0.15) is 0 Å². The van der Waals surface area contributed by atoms with Crippen molar-refractivity contribution in [2.24, 2.45) is 367 Å². The number of carbonyl (C=O) groups is 8. The molecule has 0 heterocycles. The lowest BCUT2D eigenvalue weighted by molar-refractivity contribution is -0.331. The van der Waals surface area contributed by atoms with Crippen LogP contribution in [0.25, 0.3) is 0 Å². The van der Waals surface area contributed by atoms with E-state index in [4.69, 9.17) is 18.9 Å². The second-order valence-corrected chi connectivity index (χ2v) is 59.5. The standard InChI is InChI=1S/C134H118O16/c135-41-147-37-49-9-25-57(26-10-49)131-115-95-79-75-69-72-78(79)94-99-97-89(72)105-86-82(69)87-83-84(86)88-76-70-67-65-66-68-71-77-74(66)92-91(73(65)76)111-110(88)127(105,53-17-1-45(2-18-53)33-61(139)140)116(97)121-122-117(99)130(114(94)115,56-23-7-48(8-24-56)36-64(145)146)123-118-100(93(77)113(129(118,122)55-21-5-47(6-22-55)35-63(143)144)112(92)128(111,121)54-19-3-46(4-20-54)34-62(141)142)98-90(71)108-104-81(68)80(67)103-107(85(70)83)132(58-27-11-50(12-28-58)38-148-42-136)106(87)96(75)102-101(95)120(131)126(133(108,119(98)124(123)131)59-29-13-51(14-30-59)39-149-43-137)134(109(103)104,125(102)132)60-31-15-52(16-32-60)40-150-44-138/h1-32,41-44,65-126H,33-40H2,(H,139,140)(H,141,142)(H,143,144)(H,145,146). The van der Waals surface area contributed by atoms with Crippen LogP contribution in [0.15, 0.2) is 194 Å². The maximum absolute atomic E-state index is 14.0. The molecule has 8 aromatic carbocycles. The van der Waals surface area contributed by atoms with E-state index in [-0.39, 0.29) is 151 Å². The van der Waals surface area contributed by atoms with Gasteiger partial charge in [0.2, 0.25) is 0 Å². The Hall–Kier alpha value is -10.5. The molecule has 37 aliphatic carbocycles. The SMILES string of the molecule is O=COCc1ccc(C23C4C5C6C7C8C9C%10C%11C%12C%13C%10C%10C(C96)C6C5C2C2C5(c9ccc(COC=O)cc9)C9C%14C%15C%16C%17C%18C%19C(C%20C%18C%18C%21C%17C%15C%15C%17C%14C5C3C3C%17C5(c%14ccc(CC(=O)O)cc%14)C%15C%21C%14(c%15ccc(CC(=O)O)cc%15)C%18C(C%20%12)C%12(c%15ccc(CC(=O)O)cc%15)C%11C8C8C%11C7C4C3(c3ccc(CC(=O)O)cc3)C%11C5C%14C8%12)C%13C3C4C%19C%16C9C4C2(c2ccc(COC=O)cc2)C6C%103c2ccc(COC=O)cc2)cc1. The summed E-state index contributed by atoms with van der Waals surface area (Å²) in [6, 6.07) is 84.1. The summed E-state index contributed by atoms with van der Waals surface area (Å²) in [6.45, 7) is 3.48. The van der Waals surface area contributed by atoms with Gasteiger partial charge in [-0.3, -0.25) is 38.4 Å². The Bertz CT molecular complexity index is 7780. The summed E-state index contributed by atoms with van der Waals surface area (Å²) < 4.78 is 24.3. The minimum Gasteiger partial charge on any atom is -0.481 e. The third-order valence-electron chi connectivity index (χ3n) is 62.1. The zero-order valence-corrected chi connectivity index (χ0v) is 82.9. The summed E-state index contributed by atoms with van der Waals surface area (Å²) in [5, 5.41) is 45.6. The van der Waals surface area contributed by atoms with Gasteiger partial charge in [0.1, 0.15) is 26.4 Å². The summed E-state index contributed by atoms with van der Waals surface area (Å²) >= 11 is 0. The molecule has 750 valence electrons. The molecule has 70 atom stereocenters. The van der Waals surface area contributed by atoms with Crippen LogP contribution in [0.2, 0.25) is 0 Å². The highest BCUT2D eigenvalue weighted by Gasteiger charge is 3.11. The predicted octanol–water partition coefficient (Wildman–Crippen LogP) is 16.4. The van der Waals surface area contributed by atoms with Gasteiger partial charge in [0, 0.05) is 43.3 Å². The number of aliphatic carboxylic acids is 4. The first kappa shape index (κ1) is 80.4. The van der Waals surface area contributed by atoms with Gasteiger partial charge in [0.15, 0.2) is 0 Å². The molecule has 37 aliphatic rings. The van der Waals surface area contributed by atoms with Crippen LogP contribution in [0.5, 0.6) is 0 Å². The molecule has 45 rings (SSSR count). The highest BCUT2D eigenvalue weighted by Crippen LogP contribution is 3.13. The van der Waals surface area contributed by atoms with Crippen molar-refractivity contribution in [3.8, 4) is 0 Å². The number of ether oxygens (including phenoxy) is 4. The number of benzene rings is 8. The normalized spacial score (nSPS) is 60.2. The number of hydrogen-bond acceptors (Lipinski definition) is 12. The average Bonchev–Trinajstić information content (AvgIpc) is 1.36. The van der Waals surface area contributed by atoms with Crippen molar-refractivity contribution in [3.05, 3.63) is 283 Å². The van der Waals surface area contributed by atoms with Crippen LogP contribution in [0.3, 0.4) is 0 Å². The van der Waals surface area contributed by atoms with E-state index in [9.17, 15) is 58.8 Å². The van der Waals surface area contributed by atoms with E-state index in [1.165, 1.54) is 0 Å². The van der Waals surface area contributed by atoms with Gasteiger partial charge < -0.3 is 39.4 Å². The Labute approximate surface area is 867 Å². The van der Waals surface area contributed by atoms with Crippen molar-refractivity contribution in [2.75, 3.05) is 0 Å². The number of carboxylic acid groups (broad SMARTS) is 4. The van der Waals surface area contributed by atoms with Crippen molar-refractivity contribution in [1.29, 1.82) is 0 Å². The molecule has 8 aromatic rings. The van der Waals surface area contributed by atoms with Crippen LogP contribution in [-0.2, 0) is 153 Å². The fourth-order valence-electron chi connectivity index (χ4n) is 67.3. The van der Waals surface area contributed by atoms with Crippen LogP contribution >= 0.6 is 0 Å². The molecule has 0 spiro atoms. The van der Waals surface area contributed by atoms with Crippen molar-refractivity contribution < 1.29 is 77.7 Å². The Balaban J connectivity index is 0.727. The highest BCUT2D eigenvalue weighted by atomic mass is 16.5. The number of rotatable bonds is 28. The molecular weight excluding hydrogens is 1870 g/mol. The van der Waals surface area contributed by atoms with Crippen molar-refractivity contribution in [1.82, 2.24) is 0 Å². The van der Waals surface area contributed by atoms with Crippen LogP contribution < -0.4 is 0 Å². The molecule has 0 radical (unpaired) electrons. The predicted molar refractivity (Wildman–Crippen MR) is 530 cm³/mol. The van der Waals surface area contributed by atoms with E-state index in [0.717, 1.165) is 44.5 Å². The minimum atomic E-state index is -0.805. The Morgan fingerprint density at radius 3 is 0.593 bits per heavy atom. The van der Waals surface area contributed by atoms with Gasteiger partial charge in [0.05, 0.1) is 25.7 Å². The summed E-state index contributed by atoms with van der Waals surface area (Å²) in [5.41, 5.74) is 17.5. The van der Waals surface area contributed by atoms with Crippen molar-refractivity contribution in [3.63, 3.8) is 0 Å². The van der Waals surface area contributed by atoms with Crippen LogP contribution in [0.4, 0.5) is 0 Å². The van der Waals surface area contributed by atoms with E-state index < -0.39 is 51.0 Å². The number of carboxylic acids is 4. The van der Waals surface area contributed by atoms with E-state index in [0.29, 0.717) is 310 Å². The molecule has 37 saturated carbocycles. The molecular formula is C134H118O16. The lowest BCUT2D eigenvalue weighted by atomic mass is 9.17. The lowest BCUT2D eigenvalue weighted by Gasteiger charge is -2.86. The summed E-state index contributed by atoms with van der Waals surface area (Å²) in [6.07, 6.45) is -0.165. The fraction of sp³-hybridized carbons (Fsp3) is 0.582. The Kier molecular flexibility index (Phi) is 12.8. The molecule has 0 saturated heterocycles. The summed E-state index contributed by atoms with van der Waals surface area (Å²) in [7, 11) is 0. The van der Waals surface area contributed by atoms with Gasteiger partial charge in [0.25, 0.3) is 25.9 Å². The smallest absolute Gasteiger partial charge is 0.307 e. The minimum absolute atomic E-state index is 0.0213. The number of carbonyl (C=O) groups excluding carboxylic acids is 4. The third-order valence-corrected chi connectivity index (χ3v) is 62.1. The van der Waals surface area contributed by atoms with Gasteiger partial charge in [-0.25, -0.2) is 0 Å². The molecule has 16 heteroatoms. The van der Waals surface area contributed by atoms with Crippen molar-refractivity contribution in [2.45, 2.75) is 95.4 Å². The van der Waals surface area contributed by atoms with Crippen molar-refractivity contribution >= 4 is 49.8 Å². The first-order chi connectivity index (χ1) is 73.6. The van der Waals surface area contributed by atoms with Crippen LogP contribution in [-0.4, -0.2) is 70.2 Å². The largest absolute Gasteiger partial charge is 0.481 e. The average molecular weight is 1980 g/mol. The molecule has 16 nitrogen and oxygen atoms in total. The Morgan fingerprint density at radius 2 is 0.320 bits per heavy atom.